The Kier molecular flexibility index (Phi) is 8.58. The first-order chi connectivity index (χ1) is 18.9. The minimum Gasteiger partial charge on any atom is -0.406 e. The van der Waals surface area contributed by atoms with Crippen LogP contribution in [-0.4, -0.2) is 22.7 Å². The van der Waals surface area contributed by atoms with E-state index >= 15 is 0 Å². The van der Waals surface area contributed by atoms with Crippen molar-refractivity contribution in [3.8, 4) is 5.75 Å². The van der Waals surface area contributed by atoms with E-state index in [2.05, 4.69) is 20.7 Å². The Morgan fingerprint density at radius 1 is 0.950 bits per heavy atom. The number of nitrogens with zero attached hydrogens (tertiary/aromatic N) is 1. The lowest BCUT2D eigenvalue weighted by molar-refractivity contribution is -0.274. The summed E-state index contributed by atoms with van der Waals surface area (Å²) in [5.74, 6) is -0.902. The van der Waals surface area contributed by atoms with Gasteiger partial charge in [0.15, 0.2) is 0 Å². The molecule has 0 aliphatic rings. The number of carbonyl (C=O) groups is 2. The van der Waals surface area contributed by atoms with Gasteiger partial charge < -0.3 is 25.3 Å². The predicted octanol–water partition coefficient (Wildman–Crippen LogP) is 6.87. The third-order valence-corrected chi connectivity index (χ3v) is 6.57. The van der Waals surface area contributed by atoms with Gasteiger partial charge in [-0.25, -0.2) is 0 Å². The second-order valence-electron chi connectivity index (χ2n) is 9.54. The smallest absolute Gasteiger partial charge is 0.406 e. The van der Waals surface area contributed by atoms with Gasteiger partial charge >= 0.3 is 6.36 Å². The maximum Gasteiger partial charge on any atom is 0.573 e. The SMILES string of the molecule is CC(C)C(=O)NCc1ccc(Cl)c(CNc2ccc3c(c2)cc(C(=O)Nc2ccc(OC(F)(F)F)cc2)n3C)c1. The molecule has 0 unspecified atom stereocenters. The molecule has 11 heteroatoms. The van der Waals surface area contributed by atoms with Gasteiger partial charge in [-0.2, -0.15) is 0 Å². The van der Waals surface area contributed by atoms with E-state index in [-0.39, 0.29) is 17.6 Å². The van der Waals surface area contributed by atoms with E-state index in [1.807, 2.05) is 44.2 Å². The summed E-state index contributed by atoms with van der Waals surface area (Å²) in [4.78, 5) is 24.8. The van der Waals surface area contributed by atoms with Gasteiger partial charge in [-0.15, -0.1) is 13.2 Å². The first-order valence-corrected chi connectivity index (χ1v) is 12.8. The van der Waals surface area contributed by atoms with Crippen LogP contribution >= 0.6 is 11.6 Å². The topological polar surface area (TPSA) is 84.4 Å². The van der Waals surface area contributed by atoms with E-state index in [9.17, 15) is 22.8 Å². The number of benzene rings is 3. The highest BCUT2D eigenvalue weighted by Crippen LogP contribution is 2.27. The fraction of sp³-hybridized carbons (Fsp3) is 0.241. The van der Waals surface area contributed by atoms with Crippen LogP contribution in [0, 0.1) is 5.92 Å². The number of aromatic nitrogens is 1. The van der Waals surface area contributed by atoms with Crippen LogP contribution in [0.2, 0.25) is 5.02 Å². The maximum absolute atomic E-state index is 12.9. The first kappa shape index (κ1) is 28.8. The molecule has 1 aromatic heterocycles. The summed E-state index contributed by atoms with van der Waals surface area (Å²) >= 11 is 6.40. The summed E-state index contributed by atoms with van der Waals surface area (Å²) in [6, 6.07) is 18.0. The van der Waals surface area contributed by atoms with Crippen LogP contribution in [0.1, 0.15) is 35.5 Å². The summed E-state index contributed by atoms with van der Waals surface area (Å²) in [6.45, 7) is 4.53. The molecular formula is C29H28ClF3N4O3. The fourth-order valence-electron chi connectivity index (χ4n) is 4.08. The molecule has 210 valence electrons. The number of aryl methyl sites for hydroxylation is 1. The van der Waals surface area contributed by atoms with Gasteiger partial charge in [0, 0.05) is 53.4 Å². The van der Waals surface area contributed by atoms with Crippen molar-refractivity contribution < 1.29 is 27.5 Å². The number of rotatable bonds is 9. The quantitative estimate of drug-likeness (QED) is 0.204. The molecule has 0 aliphatic carbocycles. The van der Waals surface area contributed by atoms with Crippen LogP contribution in [0.25, 0.3) is 10.9 Å². The predicted molar refractivity (Wildman–Crippen MR) is 149 cm³/mol. The Labute approximate surface area is 234 Å². The molecule has 0 fully saturated rings. The number of ether oxygens (including phenoxy) is 1. The Bertz CT molecular complexity index is 1530. The third kappa shape index (κ3) is 7.26. The van der Waals surface area contributed by atoms with Crippen molar-refractivity contribution in [2.24, 2.45) is 13.0 Å². The Morgan fingerprint density at radius 2 is 1.65 bits per heavy atom. The Morgan fingerprint density at radius 3 is 2.33 bits per heavy atom. The highest BCUT2D eigenvalue weighted by molar-refractivity contribution is 6.31. The molecule has 0 aliphatic heterocycles. The molecule has 0 bridgehead atoms. The van der Waals surface area contributed by atoms with E-state index < -0.39 is 12.3 Å². The third-order valence-electron chi connectivity index (χ3n) is 6.21. The van der Waals surface area contributed by atoms with Gasteiger partial charge in [-0.05, 0) is 65.7 Å². The molecule has 0 saturated heterocycles. The highest BCUT2D eigenvalue weighted by atomic mass is 35.5. The Balaban J connectivity index is 1.43. The zero-order valence-electron chi connectivity index (χ0n) is 22.0. The summed E-state index contributed by atoms with van der Waals surface area (Å²) in [6.07, 6.45) is -4.79. The van der Waals surface area contributed by atoms with E-state index in [0.29, 0.717) is 29.5 Å². The van der Waals surface area contributed by atoms with Crippen molar-refractivity contribution in [2.45, 2.75) is 33.3 Å². The summed E-state index contributed by atoms with van der Waals surface area (Å²) in [5.41, 5.74) is 4.16. The normalized spacial score (nSPS) is 11.5. The van der Waals surface area contributed by atoms with E-state index in [1.165, 1.54) is 12.1 Å². The molecule has 0 radical (unpaired) electrons. The van der Waals surface area contributed by atoms with Crippen LogP contribution in [0.3, 0.4) is 0 Å². The van der Waals surface area contributed by atoms with Gasteiger partial charge in [0.05, 0.1) is 0 Å². The molecule has 3 N–H and O–H groups in total. The summed E-state index contributed by atoms with van der Waals surface area (Å²) < 4.78 is 42.7. The molecule has 3 aromatic carbocycles. The van der Waals surface area contributed by atoms with Gasteiger partial charge in [0.2, 0.25) is 5.91 Å². The van der Waals surface area contributed by atoms with Gasteiger partial charge in [0.25, 0.3) is 5.91 Å². The number of fused-ring (bicyclic) bond motifs is 1. The summed E-state index contributed by atoms with van der Waals surface area (Å²) in [7, 11) is 1.76. The van der Waals surface area contributed by atoms with Crippen LogP contribution < -0.4 is 20.7 Å². The minimum absolute atomic E-state index is 0.0210. The molecule has 7 nitrogen and oxygen atoms in total. The molecular weight excluding hydrogens is 545 g/mol. The lowest BCUT2D eigenvalue weighted by Crippen LogP contribution is -2.27. The van der Waals surface area contributed by atoms with Crippen molar-refractivity contribution in [3.63, 3.8) is 0 Å². The summed E-state index contributed by atoms with van der Waals surface area (Å²) in [5, 5.41) is 10.4. The molecule has 40 heavy (non-hydrogen) atoms. The van der Waals surface area contributed by atoms with Gasteiger partial charge in [-0.3, -0.25) is 9.59 Å². The van der Waals surface area contributed by atoms with Crippen LogP contribution in [0.4, 0.5) is 24.5 Å². The van der Waals surface area contributed by atoms with Crippen molar-refractivity contribution in [1.29, 1.82) is 0 Å². The van der Waals surface area contributed by atoms with Crippen molar-refractivity contribution >= 4 is 45.7 Å². The molecule has 0 atom stereocenters. The number of halogens is 4. The van der Waals surface area contributed by atoms with Crippen LogP contribution in [-0.2, 0) is 24.9 Å². The molecule has 4 rings (SSSR count). The number of alkyl halides is 3. The van der Waals surface area contributed by atoms with Crippen molar-refractivity contribution in [3.05, 3.63) is 88.6 Å². The monoisotopic (exact) mass is 572 g/mol. The molecule has 1 heterocycles. The average molecular weight is 573 g/mol. The molecule has 2 amide bonds. The van der Waals surface area contributed by atoms with Gasteiger partial charge in [-0.1, -0.05) is 37.6 Å². The number of hydrogen-bond donors (Lipinski definition) is 3. The van der Waals surface area contributed by atoms with Crippen molar-refractivity contribution in [1.82, 2.24) is 9.88 Å². The number of amides is 2. The zero-order valence-corrected chi connectivity index (χ0v) is 22.8. The highest BCUT2D eigenvalue weighted by Gasteiger charge is 2.31. The lowest BCUT2D eigenvalue weighted by Gasteiger charge is -2.12. The largest absolute Gasteiger partial charge is 0.573 e. The van der Waals surface area contributed by atoms with Gasteiger partial charge in [0.1, 0.15) is 11.4 Å². The lowest BCUT2D eigenvalue weighted by atomic mass is 10.1. The Hall–Kier alpha value is -4.18. The number of hydrogen-bond acceptors (Lipinski definition) is 4. The number of carbonyl (C=O) groups excluding carboxylic acids is 2. The molecule has 0 saturated carbocycles. The minimum atomic E-state index is -4.79. The van der Waals surface area contributed by atoms with E-state index in [1.54, 1.807) is 23.7 Å². The van der Waals surface area contributed by atoms with E-state index in [4.69, 9.17) is 11.6 Å². The number of anilines is 2. The average Bonchev–Trinajstić information content (AvgIpc) is 3.23. The fourth-order valence-corrected chi connectivity index (χ4v) is 4.26. The number of nitrogens with one attached hydrogen (secondary N) is 3. The first-order valence-electron chi connectivity index (χ1n) is 12.4. The van der Waals surface area contributed by atoms with Crippen LogP contribution in [0.15, 0.2) is 66.7 Å². The molecule has 0 spiro atoms. The van der Waals surface area contributed by atoms with Crippen LogP contribution in [0.5, 0.6) is 5.75 Å². The second-order valence-corrected chi connectivity index (χ2v) is 9.95. The standard InChI is InChI=1S/C29H28ClF3N4O3/c1-17(2)27(38)35-15-18-4-10-24(30)20(12-18)16-34-22-7-11-25-19(13-22)14-26(37(25)3)28(39)36-21-5-8-23(9-6-21)40-29(31,32)33/h4-14,17,34H,15-16H2,1-3H3,(H,35,38)(H,36,39). The van der Waals surface area contributed by atoms with E-state index in [0.717, 1.165) is 39.8 Å². The maximum atomic E-state index is 12.9. The van der Waals surface area contributed by atoms with Crippen molar-refractivity contribution in [2.75, 3.05) is 10.6 Å². The second kappa shape index (κ2) is 11.9. The zero-order chi connectivity index (χ0) is 29.0. The molecule has 4 aromatic rings.